The zero-order valence-electron chi connectivity index (χ0n) is 8.89. The second-order valence-corrected chi connectivity index (χ2v) is 3.98. The van der Waals surface area contributed by atoms with E-state index in [1.54, 1.807) is 0 Å². The van der Waals surface area contributed by atoms with Crippen LogP contribution in [0.1, 0.15) is 24.8 Å². The van der Waals surface area contributed by atoms with Gasteiger partial charge in [0.05, 0.1) is 6.04 Å². The van der Waals surface area contributed by atoms with E-state index in [1.807, 2.05) is 6.07 Å². The van der Waals surface area contributed by atoms with Crippen LogP contribution >= 0.6 is 0 Å². The summed E-state index contributed by atoms with van der Waals surface area (Å²) in [7, 11) is 0. The first-order valence-corrected chi connectivity index (χ1v) is 5.26. The second-order valence-electron chi connectivity index (χ2n) is 3.98. The van der Waals surface area contributed by atoms with Gasteiger partial charge < -0.3 is 10.5 Å². The summed E-state index contributed by atoms with van der Waals surface area (Å²) in [5.74, 6) is 0.495. The zero-order chi connectivity index (χ0) is 10.7. The zero-order valence-corrected chi connectivity index (χ0v) is 8.89. The fraction of sp³-hybridized carbons (Fsp3) is 0.417. The molecule has 3 heteroatoms. The smallest absolute Gasteiger partial charge is 0.282 e. The fourth-order valence-electron chi connectivity index (χ4n) is 1.88. The normalized spacial score (nSPS) is 21.9. The Balaban J connectivity index is 1.96. The summed E-state index contributed by atoms with van der Waals surface area (Å²) in [5, 5.41) is 0. The highest BCUT2D eigenvalue weighted by molar-refractivity contribution is 5.73. The van der Waals surface area contributed by atoms with Gasteiger partial charge in [-0.15, -0.1) is 0 Å². The molecule has 1 heterocycles. The van der Waals surface area contributed by atoms with Crippen molar-refractivity contribution in [2.24, 2.45) is 10.7 Å². The molecule has 3 nitrogen and oxygen atoms in total. The van der Waals surface area contributed by atoms with Gasteiger partial charge in [0.25, 0.3) is 6.02 Å². The molecule has 1 aliphatic heterocycles. The molecular weight excluding hydrogens is 188 g/mol. The van der Waals surface area contributed by atoms with Gasteiger partial charge in [-0.2, -0.15) is 0 Å². The van der Waals surface area contributed by atoms with Crippen LogP contribution in [0.25, 0.3) is 0 Å². The summed E-state index contributed by atoms with van der Waals surface area (Å²) < 4.78 is 5.13. The summed E-state index contributed by atoms with van der Waals surface area (Å²) in [6.45, 7) is 2.84. The van der Waals surface area contributed by atoms with Gasteiger partial charge in [0.1, 0.15) is 6.61 Å². The molecule has 0 saturated carbocycles. The van der Waals surface area contributed by atoms with Gasteiger partial charge in [-0.1, -0.05) is 37.3 Å². The number of nitrogens with zero attached hydrogens (tertiary/aromatic N) is 1. The molecule has 0 unspecified atom stereocenters. The van der Waals surface area contributed by atoms with Crippen LogP contribution in [0.5, 0.6) is 0 Å². The molecule has 1 aromatic carbocycles. The van der Waals surface area contributed by atoms with Crippen molar-refractivity contribution in [3.63, 3.8) is 0 Å². The van der Waals surface area contributed by atoms with Crippen molar-refractivity contribution in [2.45, 2.75) is 25.3 Å². The largest absolute Gasteiger partial charge is 0.463 e. The molecule has 0 spiro atoms. The van der Waals surface area contributed by atoms with Gasteiger partial charge in [-0.05, 0) is 17.9 Å². The van der Waals surface area contributed by atoms with Crippen LogP contribution in [-0.2, 0) is 4.74 Å². The third-order valence-electron chi connectivity index (χ3n) is 2.73. The number of benzene rings is 1. The third-order valence-corrected chi connectivity index (χ3v) is 2.73. The van der Waals surface area contributed by atoms with Gasteiger partial charge in [0.2, 0.25) is 0 Å². The summed E-state index contributed by atoms with van der Waals surface area (Å²) >= 11 is 0. The van der Waals surface area contributed by atoms with Gasteiger partial charge in [-0.25, -0.2) is 4.99 Å². The maximum atomic E-state index is 5.47. The van der Waals surface area contributed by atoms with Crippen LogP contribution < -0.4 is 5.73 Å². The summed E-state index contributed by atoms with van der Waals surface area (Å²) in [6.07, 6.45) is 0.991. The van der Waals surface area contributed by atoms with E-state index in [-0.39, 0.29) is 6.04 Å². The number of ether oxygens (including phenoxy) is 1. The molecule has 0 fully saturated rings. The van der Waals surface area contributed by atoms with Gasteiger partial charge in [0, 0.05) is 0 Å². The van der Waals surface area contributed by atoms with E-state index in [0.29, 0.717) is 18.5 Å². The Morgan fingerprint density at radius 3 is 2.80 bits per heavy atom. The Morgan fingerprint density at radius 2 is 2.20 bits per heavy atom. The number of aliphatic imine (C=N–C) groups is 1. The van der Waals surface area contributed by atoms with Gasteiger partial charge in [0.15, 0.2) is 0 Å². The van der Waals surface area contributed by atoms with Crippen molar-refractivity contribution in [3.8, 4) is 0 Å². The lowest BCUT2D eigenvalue weighted by atomic mass is 9.94. The minimum atomic E-state index is 0.222. The van der Waals surface area contributed by atoms with E-state index < -0.39 is 0 Å². The first-order valence-electron chi connectivity index (χ1n) is 5.26. The molecule has 80 valence electrons. The van der Waals surface area contributed by atoms with Crippen LogP contribution in [0.2, 0.25) is 0 Å². The van der Waals surface area contributed by atoms with Gasteiger partial charge in [-0.3, -0.25) is 0 Å². The number of amidine groups is 1. The second kappa shape index (κ2) is 4.34. The molecule has 0 aliphatic carbocycles. The molecule has 0 saturated heterocycles. The van der Waals surface area contributed by atoms with Crippen molar-refractivity contribution < 1.29 is 4.74 Å². The molecule has 2 atom stereocenters. The fourth-order valence-corrected chi connectivity index (χ4v) is 1.88. The first kappa shape index (κ1) is 10.0. The lowest BCUT2D eigenvalue weighted by Gasteiger charge is -2.13. The topological polar surface area (TPSA) is 47.6 Å². The van der Waals surface area contributed by atoms with Gasteiger partial charge >= 0.3 is 0 Å². The maximum absolute atomic E-state index is 5.47. The Bertz CT molecular complexity index is 348. The highest BCUT2D eigenvalue weighted by Crippen LogP contribution is 2.23. The van der Waals surface area contributed by atoms with Crippen LogP contribution in [0.3, 0.4) is 0 Å². The van der Waals surface area contributed by atoms with E-state index in [4.69, 9.17) is 10.5 Å². The van der Waals surface area contributed by atoms with Crippen molar-refractivity contribution in [3.05, 3.63) is 35.9 Å². The summed E-state index contributed by atoms with van der Waals surface area (Å²) in [4.78, 5) is 4.23. The summed E-state index contributed by atoms with van der Waals surface area (Å²) in [6, 6.07) is 11.0. The first-order chi connectivity index (χ1) is 7.25. The van der Waals surface area contributed by atoms with Crippen molar-refractivity contribution in [2.75, 3.05) is 6.61 Å². The molecule has 2 N–H and O–H groups in total. The number of nitrogens with two attached hydrogens (primary N) is 1. The van der Waals surface area contributed by atoms with Crippen molar-refractivity contribution >= 4 is 6.02 Å². The highest BCUT2D eigenvalue weighted by Gasteiger charge is 2.19. The molecule has 0 amide bonds. The van der Waals surface area contributed by atoms with E-state index >= 15 is 0 Å². The average molecular weight is 204 g/mol. The molecule has 0 bridgehead atoms. The average Bonchev–Trinajstić information content (AvgIpc) is 2.65. The van der Waals surface area contributed by atoms with Crippen molar-refractivity contribution in [1.82, 2.24) is 0 Å². The van der Waals surface area contributed by atoms with Crippen LogP contribution in [0.4, 0.5) is 0 Å². The number of hydrogen-bond acceptors (Lipinski definition) is 3. The van der Waals surface area contributed by atoms with Crippen LogP contribution in [-0.4, -0.2) is 18.7 Å². The lowest BCUT2D eigenvalue weighted by Crippen LogP contribution is -2.11. The molecule has 15 heavy (non-hydrogen) atoms. The van der Waals surface area contributed by atoms with Crippen LogP contribution in [0, 0.1) is 0 Å². The molecule has 0 aromatic heterocycles. The predicted octanol–water partition coefficient (Wildman–Crippen LogP) is 1.89. The highest BCUT2D eigenvalue weighted by atomic mass is 16.5. The SMILES string of the molecule is C[C@@H](C[C@@H]1COC(N)=N1)c1ccccc1. The quantitative estimate of drug-likeness (QED) is 0.817. The minimum Gasteiger partial charge on any atom is -0.463 e. The Kier molecular flexibility index (Phi) is 2.90. The van der Waals surface area contributed by atoms with Crippen molar-refractivity contribution in [1.29, 1.82) is 0 Å². The molecule has 2 rings (SSSR count). The minimum absolute atomic E-state index is 0.222. The van der Waals surface area contributed by atoms with E-state index in [2.05, 4.69) is 36.2 Å². The van der Waals surface area contributed by atoms with E-state index in [1.165, 1.54) is 5.56 Å². The Labute approximate surface area is 90.0 Å². The molecule has 0 radical (unpaired) electrons. The molecular formula is C12H16N2O. The Morgan fingerprint density at radius 1 is 1.47 bits per heavy atom. The number of hydrogen-bond donors (Lipinski definition) is 1. The monoisotopic (exact) mass is 204 g/mol. The summed E-state index contributed by atoms with van der Waals surface area (Å²) in [5.41, 5.74) is 6.81. The van der Waals surface area contributed by atoms with E-state index in [9.17, 15) is 0 Å². The van der Waals surface area contributed by atoms with E-state index in [0.717, 1.165) is 6.42 Å². The maximum Gasteiger partial charge on any atom is 0.282 e. The predicted molar refractivity (Wildman–Crippen MR) is 60.8 cm³/mol. The van der Waals surface area contributed by atoms with Crippen LogP contribution in [0.15, 0.2) is 35.3 Å². The Hall–Kier alpha value is -1.51. The molecule has 1 aliphatic rings. The standard InChI is InChI=1S/C12H16N2O/c1-9(10-5-3-2-4-6-10)7-11-8-15-12(13)14-11/h2-6,9,11H,7-8H2,1H3,(H2,13,14)/t9-,11+/m0/s1. The number of rotatable bonds is 3. The molecule has 1 aromatic rings. The third kappa shape index (κ3) is 2.49. The lowest BCUT2D eigenvalue weighted by molar-refractivity contribution is 0.303.